The van der Waals surface area contributed by atoms with Crippen LogP contribution in [0, 0.1) is 19.3 Å². The predicted molar refractivity (Wildman–Crippen MR) is 67.2 cm³/mol. The van der Waals surface area contributed by atoms with Gasteiger partial charge in [0.15, 0.2) is 0 Å². The van der Waals surface area contributed by atoms with E-state index < -0.39 is 0 Å². The van der Waals surface area contributed by atoms with Crippen molar-refractivity contribution in [2.24, 2.45) is 5.41 Å². The first-order chi connectivity index (χ1) is 8.54. The molecule has 0 bridgehead atoms. The summed E-state index contributed by atoms with van der Waals surface area (Å²) in [7, 11) is 0. The van der Waals surface area contributed by atoms with Crippen LogP contribution >= 0.6 is 0 Å². The van der Waals surface area contributed by atoms with Gasteiger partial charge in [-0.25, -0.2) is 4.79 Å². The van der Waals surface area contributed by atoms with Crippen molar-refractivity contribution in [3.05, 3.63) is 23.2 Å². The second-order valence-electron chi connectivity index (χ2n) is 5.13. The summed E-state index contributed by atoms with van der Waals surface area (Å²) in [6.07, 6.45) is 1.98. The first kappa shape index (κ1) is 13.0. The first-order valence-corrected chi connectivity index (χ1v) is 6.23. The Morgan fingerprint density at radius 1 is 1.44 bits per heavy atom. The van der Waals surface area contributed by atoms with E-state index in [1.165, 1.54) is 0 Å². The van der Waals surface area contributed by atoms with Crippen LogP contribution in [-0.4, -0.2) is 24.3 Å². The van der Waals surface area contributed by atoms with Crippen molar-refractivity contribution in [1.82, 2.24) is 10.6 Å². The van der Waals surface area contributed by atoms with Crippen LogP contribution in [-0.2, 0) is 6.54 Å². The molecule has 100 valence electrons. The molecule has 0 unspecified atom stereocenters. The Hall–Kier alpha value is -1.49. The molecular weight excluding hydrogens is 232 g/mol. The van der Waals surface area contributed by atoms with Crippen LogP contribution in [0.2, 0.25) is 0 Å². The number of aliphatic hydroxyl groups excluding tert-OH is 1. The molecule has 1 saturated carbocycles. The monoisotopic (exact) mass is 252 g/mol. The van der Waals surface area contributed by atoms with Crippen molar-refractivity contribution < 1.29 is 14.3 Å². The predicted octanol–water partition coefficient (Wildman–Crippen LogP) is 1.47. The number of furan rings is 1. The zero-order valence-electron chi connectivity index (χ0n) is 10.9. The van der Waals surface area contributed by atoms with Crippen LogP contribution < -0.4 is 10.6 Å². The molecule has 2 amide bonds. The van der Waals surface area contributed by atoms with Crippen LogP contribution in [0.5, 0.6) is 0 Å². The molecule has 1 fully saturated rings. The molecule has 0 radical (unpaired) electrons. The lowest BCUT2D eigenvalue weighted by atomic mass is 10.1. The normalized spacial score (nSPS) is 16.4. The minimum atomic E-state index is -0.201. The first-order valence-electron chi connectivity index (χ1n) is 6.23. The Labute approximate surface area is 107 Å². The molecule has 5 heteroatoms. The van der Waals surface area contributed by atoms with Gasteiger partial charge in [-0.05, 0) is 32.8 Å². The number of hydrogen-bond acceptors (Lipinski definition) is 3. The molecule has 1 aromatic heterocycles. The number of carbonyl (C=O) groups is 1. The van der Waals surface area contributed by atoms with E-state index in [1.54, 1.807) is 0 Å². The van der Waals surface area contributed by atoms with Crippen molar-refractivity contribution in [3.63, 3.8) is 0 Å². The fourth-order valence-electron chi connectivity index (χ4n) is 1.93. The Kier molecular flexibility index (Phi) is 3.61. The van der Waals surface area contributed by atoms with Gasteiger partial charge in [0.05, 0.1) is 6.61 Å². The molecule has 0 aromatic carbocycles. The number of hydrogen-bond donors (Lipinski definition) is 3. The van der Waals surface area contributed by atoms with Gasteiger partial charge in [-0.3, -0.25) is 0 Å². The van der Waals surface area contributed by atoms with Crippen molar-refractivity contribution in [3.8, 4) is 0 Å². The van der Waals surface area contributed by atoms with Crippen molar-refractivity contribution in [2.75, 3.05) is 13.2 Å². The van der Waals surface area contributed by atoms with Gasteiger partial charge in [-0.15, -0.1) is 0 Å². The van der Waals surface area contributed by atoms with Crippen LogP contribution in [0.4, 0.5) is 4.79 Å². The molecule has 18 heavy (non-hydrogen) atoms. The quantitative estimate of drug-likeness (QED) is 0.743. The summed E-state index contributed by atoms with van der Waals surface area (Å²) in [6.45, 7) is 4.91. The zero-order valence-corrected chi connectivity index (χ0v) is 10.9. The van der Waals surface area contributed by atoms with E-state index in [0.717, 1.165) is 29.9 Å². The maximum absolute atomic E-state index is 11.6. The summed E-state index contributed by atoms with van der Waals surface area (Å²) in [6, 6.07) is 1.72. The topological polar surface area (TPSA) is 74.5 Å². The van der Waals surface area contributed by atoms with Crippen molar-refractivity contribution in [1.29, 1.82) is 0 Å². The summed E-state index contributed by atoms with van der Waals surface area (Å²) in [5.41, 5.74) is 0.936. The lowest BCUT2D eigenvalue weighted by Crippen LogP contribution is -2.39. The highest BCUT2D eigenvalue weighted by Gasteiger charge is 2.42. The summed E-state index contributed by atoms with van der Waals surface area (Å²) in [5, 5.41) is 14.7. The summed E-state index contributed by atoms with van der Waals surface area (Å²) in [4.78, 5) is 11.6. The average Bonchev–Trinajstić information content (AvgIpc) is 3.05. The fourth-order valence-corrected chi connectivity index (χ4v) is 1.93. The molecule has 0 atom stereocenters. The van der Waals surface area contributed by atoms with Crippen LogP contribution in [0.3, 0.4) is 0 Å². The van der Waals surface area contributed by atoms with Gasteiger partial charge >= 0.3 is 6.03 Å². The maximum Gasteiger partial charge on any atom is 0.315 e. The van der Waals surface area contributed by atoms with E-state index in [0.29, 0.717) is 13.1 Å². The smallest absolute Gasteiger partial charge is 0.315 e. The maximum atomic E-state index is 11.6. The molecular formula is C13H20N2O3. The van der Waals surface area contributed by atoms with Gasteiger partial charge in [-0.2, -0.15) is 0 Å². The van der Waals surface area contributed by atoms with E-state index in [-0.39, 0.29) is 18.1 Å². The Morgan fingerprint density at radius 2 is 2.17 bits per heavy atom. The molecule has 3 N–H and O–H groups in total. The zero-order chi connectivity index (χ0) is 13.2. The Morgan fingerprint density at radius 3 is 2.67 bits per heavy atom. The fraction of sp³-hybridized carbons (Fsp3) is 0.615. The van der Waals surface area contributed by atoms with Gasteiger partial charge in [0, 0.05) is 24.1 Å². The Balaban J connectivity index is 1.73. The number of carbonyl (C=O) groups excluding carboxylic acids is 1. The van der Waals surface area contributed by atoms with E-state index in [1.807, 2.05) is 19.9 Å². The van der Waals surface area contributed by atoms with E-state index in [4.69, 9.17) is 9.52 Å². The van der Waals surface area contributed by atoms with Crippen molar-refractivity contribution in [2.45, 2.75) is 33.2 Å². The highest BCUT2D eigenvalue weighted by Crippen LogP contribution is 2.44. The highest BCUT2D eigenvalue weighted by molar-refractivity contribution is 5.73. The lowest BCUT2D eigenvalue weighted by Gasteiger charge is -2.13. The molecule has 1 aliphatic carbocycles. The van der Waals surface area contributed by atoms with Gasteiger partial charge in [0.2, 0.25) is 0 Å². The number of rotatable bonds is 5. The highest BCUT2D eigenvalue weighted by atomic mass is 16.3. The second kappa shape index (κ2) is 5.02. The number of urea groups is 1. The number of amides is 2. The van der Waals surface area contributed by atoms with Crippen LogP contribution in [0.25, 0.3) is 0 Å². The van der Waals surface area contributed by atoms with Crippen molar-refractivity contribution >= 4 is 6.03 Å². The largest absolute Gasteiger partial charge is 0.466 e. The Bertz CT molecular complexity index is 435. The average molecular weight is 252 g/mol. The third-order valence-corrected chi connectivity index (χ3v) is 3.50. The van der Waals surface area contributed by atoms with Gasteiger partial charge in [0.1, 0.15) is 11.5 Å². The molecule has 0 saturated heterocycles. The van der Waals surface area contributed by atoms with Gasteiger partial charge in [-0.1, -0.05) is 0 Å². The minimum Gasteiger partial charge on any atom is -0.466 e. The molecule has 0 aliphatic heterocycles. The standard InChI is InChI=1S/C13H20N2O3/c1-9-5-11(10(2)18-9)6-14-12(17)15-7-13(8-16)3-4-13/h5,16H,3-4,6-8H2,1-2H3,(H2,14,15,17). The van der Waals surface area contributed by atoms with E-state index in [9.17, 15) is 4.79 Å². The van der Waals surface area contributed by atoms with Crippen LogP contribution in [0.1, 0.15) is 29.9 Å². The molecule has 0 spiro atoms. The molecule has 1 heterocycles. The number of aliphatic hydroxyl groups is 1. The molecule has 2 rings (SSSR count). The third-order valence-electron chi connectivity index (χ3n) is 3.50. The molecule has 1 aromatic rings. The third kappa shape index (κ3) is 3.04. The number of nitrogens with one attached hydrogen (secondary N) is 2. The molecule has 5 nitrogen and oxygen atoms in total. The van der Waals surface area contributed by atoms with E-state index >= 15 is 0 Å². The summed E-state index contributed by atoms with van der Waals surface area (Å²) in [5.74, 6) is 1.68. The van der Waals surface area contributed by atoms with Gasteiger partial charge in [0.25, 0.3) is 0 Å². The van der Waals surface area contributed by atoms with E-state index in [2.05, 4.69) is 10.6 Å². The summed E-state index contributed by atoms with van der Waals surface area (Å²) < 4.78 is 5.38. The minimum absolute atomic E-state index is 0.0561. The lowest BCUT2D eigenvalue weighted by molar-refractivity contribution is 0.203. The molecule has 1 aliphatic rings. The number of aryl methyl sites for hydroxylation is 2. The SMILES string of the molecule is Cc1cc(CNC(=O)NCC2(CO)CC2)c(C)o1. The summed E-state index contributed by atoms with van der Waals surface area (Å²) >= 11 is 0. The van der Waals surface area contributed by atoms with Crippen LogP contribution in [0.15, 0.2) is 10.5 Å². The second-order valence-corrected chi connectivity index (χ2v) is 5.13. The van der Waals surface area contributed by atoms with Gasteiger partial charge < -0.3 is 20.2 Å².